The number of hydrogen-bond donors (Lipinski definition) is 2. The Morgan fingerprint density at radius 2 is 0.967 bits per heavy atom. The van der Waals surface area contributed by atoms with E-state index in [-0.39, 0.29) is 0 Å². The van der Waals surface area contributed by atoms with Crippen LogP contribution in [-0.4, -0.2) is 17.4 Å². The molecule has 0 amide bonds. The fourth-order valence-electron chi connectivity index (χ4n) is 4.18. The van der Waals surface area contributed by atoms with Crippen LogP contribution in [0.2, 0.25) is 0 Å². The lowest BCUT2D eigenvalue weighted by Gasteiger charge is -2.18. The van der Waals surface area contributed by atoms with Crippen LogP contribution in [0.5, 0.6) is 5.75 Å². The molecule has 0 spiro atoms. The minimum Gasteiger partial charge on any atom is -0.512 e. The lowest BCUT2D eigenvalue weighted by molar-refractivity contribution is 0.288. The summed E-state index contributed by atoms with van der Waals surface area (Å²) < 4.78 is 5.18. The zero-order chi connectivity index (χ0) is 20.5. The molecule has 30 heavy (non-hydrogen) atoms. The van der Waals surface area contributed by atoms with Crippen LogP contribution in [0, 0.1) is 0 Å². The molecule has 0 fully saturated rings. The van der Waals surface area contributed by atoms with Gasteiger partial charge < -0.3 is 14.7 Å². The summed E-state index contributed by atoms with van der Waals surface area (Å²) in [7, 11) is -1.86. The quantitative estimate of drug-likeness (QED) is 0.307. The Morgan fingerprint density at radius 1 is 0.500 bits per heavy atom. The van der Waals surface area contributed by atoms with Gasteiger partial charge in [-0.15, -0.1) is 0 Å². The Bertz CT molecular complexity index is 1330. The molecular weight excluding hydrogens is 371 g/mol. The van der Waals surface area contributed by atoms with Gasteiger partial charge in [-0.1, -0.05) is 91.0 Å². The Kier molecular flexibility index (Phi) is 4.72. The largest absolute Gasteiger partial charge is 0.707 e. The summed E-state index contributed by atoms with van der Waals surface area (Å²) in [4.78, 5) is 0. The average Bonchev–Trinajstić information content (AvgIpc) is 2.78. The molecule has 0 aliphatic carbocycles. The highest BCUT2D eigenvalue weighted by molar-refractivity contribution is 6.34. The van der Waals surface area contributed by atoms with Crippen molar-refractivity contribution < 1.29 is 14.7 Å². The maximum absolute atomic E-state index is 9.30. The van der Waals surface area contributed by atoms with E-state index in [1.54, 1.807) is 6.07 Å². The predicted molar refractivity (Wildman–Crippen MR) is 123 cm³/mol. The summed E-state index contributed by atoms with van der Waals surface area (Å²) in [5.74, 6) is 0.406. The molecule has 3 nitrogen and oxygen atoms in total. The zero-order valence-electron chi connectivity index (χ0n) is 16.2. The van der Waals surface area contributed by atoms with Crippen LogP contribution in [0.3, 0.4) is 0 Å². The predicted octanol–water partition coefficient (Wildman–Crippen LogP) is 5.68. The lowest BCUT2D eigenvalue weighted by Crippen LogP contribution is -2.20. The molecule has 0 aromatic heterocycles. The second-order valence-corrected chi connectivity index (χ2v) is 7.18. The van der Waals surface area contributed by atoms with Crippen molar-refractivity contribution >= 4 is 28.9 Å². The summed E-state index contributed by atoms with van der Waals surface area (Å²) >= 11 is 0. The molecule has 0 saturated heterocycles. The normalized spacial score (nSPS) is 11.0. The summed E-state index contributed by atoms with van der Waals surface area (Å²) in [6.45, 7) is 0. The molecule has 0 saturated carbocycles. The van der Waals surface area contributed by atoms with Crippen LogP contribution in [0.15, 0.2) is 103 Å². The highest BCUT2D eigenvalue weighted by Crippen LogP contribution is 2.44. The highest BCUT2D eigenvalue weighted by atomic mass is 16.6. The van der Waals surface area contributed by atoms with Crippen LogP contribution < -0.4 is 4.65 Å². The van der Waals surface area contributed by atoms with Crippen LogP contribution in [0.1, 0.15) is 0 Å². The Labute approximate surface area is 175 Å². The number of rotatable bonds is 4. The van der Waals surface area contributed by atoms with Gasteiger partial charge in [0.05, 0.1) is 0 Å². The zero-order valence-corrected chi connectivity index (χ0v) is 16.2. The van der Waals surface area contributed by atoms with Crippen LogP contribution in [0.25, 0.3) is 43.8 Å². The molecule has 0 aliphatic rings. The van der Waals surface area contributed by atoms with Crippen molar-refractivity contribution in [3.63, 3.8) is 0 Å². The third kappa shape index (κ3) is 3.22. The van der Waals surface area contributed by atoms with E-state index in [1.807, 2.05) is 54.6 Å². The summed E-state index contributed by atoms with van der Waals surface area (Å²) in [6.07, 6.45) is 0. The number of benzene rings is 5. The summed E-state index contributed by atoms with van der Waals surface area (Å²) in [5, 5.41) is 23.0. The number of fused-ring (bicyclic) bond motifs is 2. The second-order valence-electron chi connectivity index (χ2n) is 7.18. The van der Waals surface area contributed by atoms with Crippen molar-refractivity contribution in [1.82, 2.24) is 0 Å². The third-order valence-corrected chi connectivity index (χ3v) is 5.36. The van der Waals surface area contributed by atoms with Gasteiger partial charge in [-0.05, 0) is 55.9 Å². The molecule has 0 atom stereocenters. The fourth-order valence-corrected chi connectivity index (χ4v) is 4.18. The van der Waals surface area contributed by atoms with Crippen LogP contribution >= 0.6 is 0 Å². The van der Waals surface area contributed by atoms with Crippen molar-refractivity contribution in [3.05, 3.63) is 103 Å². The Hall–Kier alpha value is -3.60. The molecular formula is C26H19BO3. The molecule has 0 radical (unpaired) electrons. The SMILES string of the molecule is OB(O)Oc1ccc2c(-c3ccccc3)c3ccccc3c(-c3ccccc3)c2c1. The molecule has 5 aromatic rings. The second kappa shape index (κ2) is 7.67. The van der Waals surface area contributed by atoms with Crippen molar-refractivity contribution in [2.24, 2.45) is 0 Å². The Morgan fingerprint density at radius 3 is 1.50 bits per heavy atom. The van der Waals surface area contributed by atoms with E-state index in [4.69, 9.17) is 4.65 Å². The molecule has 2 N–H and O–H groups in total. The first-order valence-corrected chi connectivity index (χ1v) is 9.84. The van der Waals surface area contributed by atoms with Gasteiger partial charge in [0.2, 0.25) is 0 Å². The minimum absolute atomic E-state index is 0.406. The molecule has 4 heteroatoms. The molecule has 0 heterocycles. The third-order valence-electron chi connectivity index (χ3n) is 5.36. The Balaban J connectivity index is 1.96. The van der Waals surface area contributed by atoms with Crippen LogP contribution in [0.4, 0.5) is 0 Å². The van der Waals surface area contributed by atoms with Gasteiger partial charge in [0.1, 0.15) is 5.75 Å². The maximum atomic E-state index is 9.30. The average molecular weight is 390 g/mol. The van der Waals surface area contributed by atoms with E-state index < -0.39 is 7.32 Å². The molecule has 0 bridgehead atoms. The van der Waals surface area contributed by atoms with E-state index in [9.17, 15) is 10.0 Å². The first-order valence-electron chi connectivity index (χ1n) is 9.84. The van der Waals surface area contributed by atoms with Gasteiger partial charge in [-0.2, -0.15) is 0 Å². The monoisotopic (exact) mass is 390 g/mol. The first kappa shape index (κ1) is 18.4. The standard InChI is InChI=1S/C26H19BO3/c28-27(29)30-20-15-16-23-24(17-20)26(19-11-5-2-6-12-19)22-14-8-7-13-21(22)25(23)18-9-3-1-4-10-18/h1-17,28-29H. The van der Waals surface area contributed by atoms with Crippen molar-refractivity contribution in [2.45, 2.75) is 0 Å². The van der Waals surface area contributed by atoms with E-state index in [2.05, 4.69) is 42.5 Å². The van der Waals surface area contributed by atoms with Gasteiger partial charge in [-0.3, -0.25) is 0 Å². The van der Waals surface area contributed by atoms with Gasteiger partial charge in [0, 0.05) is 0 Å². The lowest BCUT2D eigenvalue weighted by atomic mass is 9.86. The molecule has 144 valence electrons. The van der Waals surface area contributed by atoms with E-state index >= 15 is 0 Å². The number of hydrogen-bond acceptors (Lipinski definition) is 3. The highest BCUT2D eigenvalue weighted by Gasteiger charge is 2.18. The van der Waals surface area contributed by atoms with E-state index in [1.165, 1.54) is 5.39 Å². The van der Waals surface area contributed by atoms with Gasteiger partial charge in [0.25, 0.3) is 0 Å². The smallest absolute Gasteiger partial charge is 0.512 e. The van der Waals surface area contributed by atoms with Crippen molar-refractivity contribution in [1.29, 1.82) is 0 Å². The van der Waals surface area contributed by atoms with Crippen molar-refractivity contribution in [3.8, 4) is 28.0 Å². The maximum Gasteiger partial charge on any atom is 0.707 e. The van der Waals surface area contributed by atoms with Crippen molar-refractivity contribution in [2.75, 3.05) is 0 Å². The fraction of sp³-hybridized carbons (Fsp3) is 0. The molecule has 5 rings (SSSR count). The molecule has 0 unspecified atom stereocenters. The van der Waals surface area contributed by atoms with E-state index in [0.29, 0.717) is 5.75 Å². The molecule has 5 aromatic carbocycles. The summed E-state index contributed by atoms with van der Waals surface area (Å²) in [5.41, 5.74) is 4.48. The first-order chi connectivity index (χ1) is 14.7. The summed E-state index contributed by atoms with van der Waals surface area (Å²) in [6, 6.07) is 34.6. The van der Waals surface area contributed by atoms with Gasteiger partial charge in [0.15, 0.2) is 0 Å². The van der Waals surface area contributed by atoms with E-state index in [0.717, 1.165) is 38.4 Å². The van der Waals surface area contributed by atoms with Crippen LogP contribution in [-0.2, 0) is 0 Å². The topological polar surface area (TPSA) is 49.7 Å². The van der Waals surface area contributed by atoms with Gasteiger partial charge in [-0.25, -0.2) is 0 Å². The minimum atomic E-state index is -1.86. The molecule has 0 aliphatic heterocycles. The van der Waals surface area contributed by atoms with Gasteiger partial charge >= 0.3 is 7.32 Å².